The van der Waals surface area contributed by atoms with Gasteiger partial charge in [-0.3, -0.25) is 9.69 Å². The monoisotopic (exact) mass is 289 g/mol. The molecule has 1 saturated heterocycles. The molecule has 0 saturated carbocycles. The van der Waals surface area contributed by atoms with Gasteiger partial charge in [0.25, 0.3) is 5.91 Å². The third kappa shape index (κ3) is 2.89. The van der Waals surface area contributed by atoms with Crippen LogP contribution in [0.25, 0.3) is 0 Å². The largest absolute Gasteiger partial charge is 0.399 e. The SMILES string of the molecule is CC(C)N1CCOC(CN2Cc3ccc(N)cc3C2=O)C1. The molecule has 2 heterocycles. The first-order chi connectivity index (χ1) is 10.0. The summed E-state index contributed by atoms with van der Waals surface area (Å²) in [4.78, 5) is 16.7. The maximum Gasteiger partial charge on any atom is 0.254 e. The predicted molar refractivity (Wildman–Crippen MR) is 82.0 cm³/mol. The maximum absolute atomic E-state index is 12.4. The van der Waals surface area contributed by atoms with Crippen LogP contribution in [-0.4, -0.2) is 54.1 Å². The van der Waals surface area contributed by atoms with Crippen molar-refractivity contribution in [1.29, 1.82) is 0 Å². The number of benzene rings is 1. The number of ether oxygens (including phenoxy) is 1. The van der Waals surface area contributed by atoms with Gasteiger partial charge in [-0.25, -0.2) is 0 Å². The summed E-state index contributed by atoms with van der Waals surface area (Å²) in [6, 6.07) is 6.10. The number of nitrogen functional groups attached to an aromatic ring is 1. The molecule has 5 heteroatoms. The van der Waals surface area contributed by atoms with Gasteiger partial charge >= 0.3 is 0 Å². The number of hydrogen-bond donors (Lipinski definition) is 1. The summed E-state index contributed by atoms with van der Waals surface area (Å²) < 4.78 is 5.83. The summed E-state index contributed by atoms with van der Waals surface area (Å²) in [5.41, 5.74) is 8.22. The van der Waals surface area contributed by atoms with Crippen molar-refractivity contribution in [3.05, 3.63) is 29.3 Å². The van der Waals surface area contributed by atoms with E-state index in [-0.39, 0.29) is 12.0 Å². The highest BCUT2D eigenvalue weighted by Crippen LogP contribution is 2.25. The number of fused-ring (bicyclic) bond motifs is 1. The molecule has 5 nitrogen and oxygen atoms in total. The van der Waals surface area contributed by atoms with E-state index in [4.69, 9.17) is 10.5 Å². The minimum atomic E-state index is 0.0718. The molecule has 0 bridgehead atoms. The van der Waals surface area contributed by atoms with Gasteiger partial charge in [0.05, 0.1) is 12.7 Å². The molecular formula is C16H23N3O2. The molecule has 1 aromatic rings. The molecule has 0 aromatic heterocycles. The number of hydrogen-bond acceptors (Lipinski definition) is 4. The minimum absolute atomic E-state index is 0.0718. The van der Waals surface area contributed by atoms with E-state index >= 15 is 0 Å². The third-order valence-corrected chi connectivity index (χ3v) is 4.34. The lowest BCUT2D eigenvalue weighted by Gasteiger charge is -2.36. The van der Waals surface area contributed by atoms with Crippen LogP contribution >= 0.6 is 0 Å². The average molecular weight is 289 g/mol. The van der Waals surface area contributed by atoms with Gasteiger partial charge in [-0.15, -0.1) is 0 Å². The van der Waals surface area contributed by atoms with Crippen molar-refractivity contribution in [2.24, 2.45) is 0 Å². The molecule has 0 aliphatic carbocycles. The molecule has 1 atom stereocenters. The highest BCUT2D eigenvalue weighted by molar-refractivity contribution is 5.99. The van der Waals surface area contributed by atoms with Crippen molar-refractivity contribution in [2.45, 2.75) is 32.5 Å². The van der Waals surface area contributed by atoms with E-state index in [1.54, 1.807) is 6.07 Å². The highest BCUT2D eigenvalue weighted by atomic mass is 16.5. The predicted octanol–water partition coefficient (Wildman–Crippen LogP) is 1.33. The molecule has 2 N–H and O–H groups in total. The third-order valence-electron chi connectivity index (χ3n) is 4.34. The summed E-state index contributed by atoms with van der Waals surface area (Å²) in [6.07, 6.45) is 0.0942. The number of anilines is 1. The topological polar surface area (TPSA) is 58.8 Å². The Kier molecular flexibility index (Phi) is 3.87. The lowest BCUT2D eigenvalue weighted by atomic mass is 10.1. The molecule has 2 aliphatic heterocycles. The Balaban J connectivity index is 1.66. The van der Waals surface area contributed by atoms with Crippen LogP contribution in [0.3, 0.4) is 0 Å². The van der Waals surface area contributed by atoms with Crippen LogP contribution in [-0.2, 0) is 11.3 Å². The lowest BCUT2D eigenvalue weighted by molar-refractivity contribution is -0.0491. The van der Waals surface area contributed by atoms with E-state index in [1.807, 2.05) is 17.0 Å². The molecule has 1 amide bonds. The molecule has 2 aliphatic rings. The van der Waals surface area contributed by atoms with Crippen molar-refractivity contribution in [3.63, 3.8) is 0 Å². The van der Waals surface area contributed by atoms with Crippen LogP contribution in [0.4, 0.5) is 5.69 Å². The van der Waals surface area contributed by atoms with Crippen LogP contribution in [0.5, 0.6) is 0 Å². The molecule has 114 valence electrons. The number of rotatable bonds is 3. The first-order valence-electron chi connectivity index (χ1n) is 7.58. The highest BCUT2D eigenvalue weighted by Gasteiger charge is 2.31. The second kappa shape index (κ2) is 5.66. The van der Waals surface area contributed by atoms with Gasteiger partial charge in [0.1, 0.15) is 0 Å². The molecule has 1 unspecified atom stereocenters. The minimum Gasteiger partial charge on any atom is -0.399 e. The van der Waals surface area contributed by atoms with Crippen molar-refractivity contribution in [3.8, 4) is 0 Å². The van der Waals surface area contributed by atoms with E-state index in [1.165, 1.54) is 0 Å². The van der Waals surface area contributed by atoms with Crippen LogP contribution in [0.2, 0.25) is 0 Å². The molecule has 1 aromatic carbocycles. The summed E-state index contributed by atoms with van der Waals surface area (Å²) >= 11 is 0. The average Bonchev–Trinajstić information content (AvgIpc) is 2.76. The summed E-state index contributed by atoms with van der Waals surface area (Å²) in [6.45, 7) is 8.31. The number of amides is 1. The molecule has 0 spiro atoms. The Morgan fingerprint density at radius 2 is 2.24 bits per heavy atom. The Labute approximate surface area is 125 Å². The number of morpholine rings is 1. The van der Waals surface area contributed by atoms with Crippen molar-refractivity contribution in [2.75, 3.05) is 32.0 Å². The Morgan fingerprint density at radius 3 is 3.00 bits per heavy atom. The van der Waals surface area contributed by atoms with Gasteiger partial charge in [0, 0.05) is 43.5 Å². The summed E-state index contributed by atoms with van der Waals surface area (Å²) in [5.74, 6) is 0.0718. The van der Waals surface area contributed by atoms with E-state index < -0.39 is 0 Å². The van der Waals surface area contributed by atoms with Crippen LogP contribution in [0.1, 0.15) is 29.8 Å². The first kappa shape index (κ1) is 14.4. The number of nitrogens with two attached hydrogens (primary N) is 1. The lowest BCUT2D eigenvalue weighted by Crippen LogP contribution is -2.49. The van der Waals surface area contributed by atoms with E-state index in [0.29, 0.717) is 24.8 Å². The van der Waals surface area contributed by atoms with Crippen molar-refractivity contribution < 1.29 is 9.53 Å². The Hall–Kier alpha value is -1.59. The van der Waals surface area contributed by atoms with E-state index in [2.05, 4.69) is 18.7 Å². The standard InChI is InChI=1S/C16H23N3O2/c1-11(2)18-5-6-21-14(9-18)10-19-8-12-3-4-13(17)7-15(12)16(19)20/h3-4,7,11,14H,5-6,8-10,17H2,1-2H3. The normalized spacial score (nSPS) is 22.9. The maximum atomic E-state index is 12.4. The summed E-state index contributed by atoms with van der Waals surface area (Å²) in [7, 11) is 0. The zero-order valence-electron chi connectivity index (χ0n) is 12.7. The fourth-order valence-electron chi connectivity index (χ4n) is 3.09. The van der Waals surface area contributed by atoms with E-state index in [9.17, 15) is 4.79 Å². The van der Waals surface area contributed by atoms with Gasteiger partial charge in [0.15, 0.2) is 0 Å². The van der Waals surface area contributed by atoms with Crippen LogP contribution in [0, 0.1) is 0 Å². The van der Waals surface area contributed by atoms with Gasteiger partial charge in [-0.05, 0) is 31.5 Å². The first-order valence-corrected chi connectivity index (χ1v) is 7.58. The summed E-state index contributed by atoms with van der Waals surface area (Å²) in [5, 5.41) is 0. The zero-order chi connectivity index (χ0) is 15.0. The number of nitrogens with zero attached hydrogens (tertiary/aromatic N) is 2. The second-order valence-electron chi connectivity index (χ2n) is 6.18. The fraction of sp³-hybridized carbons (Fsp3) is 0.562. The fourth-order valence-corrected chi connectivity index (χ4v) is 3.09. The molecule has 21 heavy (non-hydrogen) atoms. The Bertz CT molecular complexity index is 544. The quantitative estimate of drug-likeness (QED) is 0.853. The van der Waals surface area contributed by atoms with Gasteiger partial charge in [0.2, 0.25) is 0 Å². The van der Waals surface area contributed by atoms with Gasteiger partial charge in [-0.1, -0.05) is 6.07 Å². The second-order valence-corrected chi connectivity index (χ2v) is 6.18. The number of carbonyl (C=O) groups is 1. The van der Waals surface area contributed by atoms with Crippen LogP contribution in [0.15, 0.2) is 18.2 Å². The van der Waals surface area contributed by atoms with E-state index in [0.717, 1.165) is 30.8 Å². The molecule has 3 rings (SSSR count). The van der Waals surface area contributed by atoms with Crippen molar-refractivity contribution in [1.82, 2.24) is 9.80 Å². The zero-order valence-corrected chi connectivity index (χ0v) is 12.7. The van der Waals surface area contributed by atoms with Crippen LogP contribution < -0.4 is 5.73 Å². The smallest absolute Gasteiger partial charge is 0.254 e. The molecule has 1 fully saturated rings. The molecule has 0 radical (unpaired) electrons. The molecular weight excluding hydrogens is 266 g/mol. The number of carbonyl (C=O) groups excluding carboxylic acids is 1. The van der Waals surface area contributed by atoms with Gasteiger partial charge in [-0.2, -0.15) is 0 Å². The Morgan fingerprint density at radius 1 is 1.43 bits per heavy atom. The van der Waals surface area contributed by atoms with Crippen molar-refractivity contribution >= 4 is 11.6 Å². The van der Waals surface area contributed by atoms with Gasteiger partial charge < -0.3 is 15.4 Å².